The normalized spacial score (nSPS) is 28.7. The number of rotatable bonds is 1. The van der Waals surface area contributed by atoms with E-state index >= 15 is 0 Å². The average molecular weight is 239 g/mol. The van der Waals surface area contributed by atoms with E-state index in [4.69, 9.17) is 0 Å². The Bertz CT molecular complexity index is 308. The van der Waals surface area contributed by atoms with Crippen LogP contribution in [0.1, 0.15) is 26.7 Å². The van der Waals surface area contributed by atoms with E-state index in [1.54, 1.807) is 0 Å². The first-order chi connectivity index (χ1) is 7.98. The van der Waals surface area contributed by atoms with Gasteiger partial charge >= 0.3 is 0 Å². The van der Waals surface area contributed by atoms with Crippen molar-refractivity contribution in [2.75, 3.05) is 26.2 Å². The zero-order chi connectivity index (χ0) is 12.5. The van der Waals surface area contributed by atoms with Crippen LogP contribution in [0.4, 0.5) is 0 Å². The van der Waals surface area contributed by atoms with Crippen molar-refractivity contribution in [2.24, 2.45) is 5.41 Å². The van der Waals surface area contributed by atoms with Crippen LogP contribution in [0.3, 0.4) is 0 Å². The number of piperidine rings is 1. The van der Waals surface area contributed by atoms with E-state index in [1.807, 2.05) is 4.90 Å². The molecule has 2 aliphatic rings. The smallest absolute Gasteiger partial charge is 0.241 e. The second-order valence-electron chi connectivity index (χ2n) is 5.73. The molecule has 0 radical (unpaired) electrons. The molecule has 2 amide bonds. The average Bonchev–Trinajstić information content (AvgIpc) is 2.29. The molecule has 0 saturated carbocycles. The number of hydrogen-bond acceptors (Lipinski definition) is 3. The summed E-state index contributed by atoms with van der Waals surface area (Å²) in [6.45, 7) is 6.81. The van der Waals surface area contributed by atoms with E-state index in [2.05, 4.69) is 24.5 Å². The third kappa shape index (κ3) is 2.97. The Kier molecular flexibility index (Phi) is 3.38. The molecule has 0 aliphatic carbocycles. The fourth-order valence-electron chi connectivity index (χ4n) is 2.29. The molecule has 2 saturated heterocycles. The Labute approximate surface area is 102 Å². The zero-order valence-corrected chi connectivity index (χ0v) is 10.6. The van der Waals surface area contributed by atoms with E-state index in [1.165, 1.54) is 0 Å². The summed E-state index contributed by atoms with van der Waals surface area (Å²) in [4.78, 5) is 25.1. The fraction of sp³-hybridized carbons (Fsp3) is 0.833. The Morgan fingerprint density at radius 3 is 2.53 bits per heavy atom. The van der Waals surface area contributed by atoms with Gasteiger partial charge in [0.2, 0.25) is 11.8 Å². The van der Waals surface area contributed by atoms with Crippen molar-refractivity contribution in [1.82, 2.24) is 15.5 Å². The van der Waals surface area contributed by atoms with Gasteiger partial charge in [-0.2, -0.15) is 0 Å². The highest BCUT2D eigenvalue weighted by atomic mass is 16.2. The molecule has 2 rings (SSSR count). The van der Waals surface area contributed by atoms with Gasteiger partial charge in [-0.05, 0) is 18.3 Å². The summed E-state index contributed by atoms with van der Waals surface area (Å²) in [7, 11) is 0. The Balaban J connectivity index is 1.86. The maximum absolute atomic E-state index is 12.2. The lowest BCUT2D eigenvalue weighted by Crippen LogP contribution is -2.59. The number of carbonyl (C=O) groups excluding carboxylic acids is 2. The van der Waals surface area contributed by atoms with Crippen molar-refractivity contribution >= 4 is 11.8 Å². The van der Waals surface area contributed by atoms with Gasteiger partial charge in [0, 0.05) is 19.6 Å². The Hall–Kier alpha value is -1.10. The highest BCUT2D eigenvalue weighted by Gasteiger charge is 2.32. The maximum Gasteiger partial charge on any atom is 0.241 e. The molecule has 0 bridgehead atoms. The van der Waals surface area contributed by atoms with Crippen LogP contribution in [0.5, 0.6) is 0 Å². The second kappa shape index (κ2) is 4.64. The Morgan fingerprint density at radius 1 is 1.35 bits per heavy atom. The summed E-state index contributed by atoms with van der Waals surface area (Å²) in [5.41, 5.74) is 0.352. The predicted molar refractivity (Wildman–Crippen MR) is 64.4 cm³/mol. The van der Waals surface area contributed by atoms with Crippen LogP contribution in [-0.4, -0.2) is 48.9 Å². The van der Waals surface area contributed by atoms with Crippen LogP contribution in [0.15, 0.2) is 0 Å². The van der Waals surface area contributed by atoms with E-state index in [0.717, 1.165) is 25.9 Å². The first-order valence-corrected chi connectivity index (χ1v) is 6.27. The number of hydrogen-bond donors (Lipinski definition) is 2. The molecule has 1 atom stereocenters. The summed E-state index contributed by atoms with van der Waals surface area (Å²) < 4.78 is 0. The van der Waals surface area contributed by atoms with E-state index in [9.17, 15) is 9.59 Å². The first kappa shape index (κ1) is 12.4. The van der Waals surface area contributed by atoms with Gasteiger partial charge in [0.15, 0.2) is 0 Å². The first-order valence-electron chi connectivity index (χ1n) is 6.27. The number of carbonyl (C=O) groups is 2. The Morgan fingerprint density at radius 2 is 2.00 bits per heavy atom. The minimum absolute atomic E-state index is 0.0335. The fourth-order valence-corrected chi connectivity index (χ4v) is 2.29. The maximum atomic E-state index is 12.2. The monoisotopic (exact) mass is 239 g/mol. The van der Waals surface area contributed by atoms with Crippen LogP contribution >= 0.6 is 0 Å². The molecule has 5 heteroatoms. The second-order valence-corrected chi connectivity index (χ2v) is 5.73. The summed E-state index contributed by atoms with van der Waals surface area (Å²) in [5.74, 6) is 0.0920. The predicted octanol–water partition coefficient (Wildman–Crippen LogP) is -0.277. The summed E-state index contributed by atoms with van der Waals surface area (Å²) >= 11 is 0. The molecule has 2 heterocycles. The van der Waals surface area contributed by atoms with Crippen LogP contribution in [0.25, 0.3) is 0 Å². The summed E-state index contributed by atoms with van der Waals surface area (Å²) in [6, 6.07) is -0.242. The van der Waals surface area contributed by atoms with Crippen LogP contribution in [0, 0.1) is 5.41 Å². The number of amides is 2. The highest BCUT2D eigenvalue weighted by molar-refractivity contribution is 5.86. The van der Waals surface area contributed by atoms with Gasteiger partial charge in [0.25, 0.3) is 0 Å². The molecule has 2 aliphatic heterocycles. The summed E-state index contributed by atoms with van der Waals surface area (Å²) in [5, 5.41) is 5.70. The van der Waals surface area contributed by atoms with Crippen molar-refractivity contribution in [3.63, 3.8) is 0 Å². The van der Waals surface area contributed by atoms with Gasteiger partial charge in [-0.15, -0.1) is 0 Å². The topological polar surface area (TPSA) is 61.4 Å². The molecule has 1 unspecified atom stereocenters. The molecule has 96 valence electrons. The molecule has 0 aromatic heterocycles. The van der Waals surface area contributed by atoms with Crippen LogP contribution in [0.2, 0.25) is 0 Å². The molecule has 0 aromatic carbocycles. The number of nitrogens with one attached hydrogen (secondary N) is 2. The number of nitrogens with zero attached hydrogens (tertiary/aromatic N) is 1. The molecule has 17 heavy (non-hydrogen) atoms. The van der Waals surface area contributed by atoms with Crippen LogP contribution in [-0.2, 0) is 9.59 Å². The van der Waals surface area contributed by atoms with Crippen molar-refractivity contribution in [3.05, 3.63) is 0 Å². The number of piperazine rings is 1. The van der Waals surface area contributed by atoms with Gasteiger partial charge in [0.1, 0.15) is 6.04 Å². The molecule has 5 nitrogen and oxygen atoms in total. The van der Waals surface area contributed by atoms with Gasteiger partial charge in [-0.3, -0.25) is 14.9 Å². The lowest BCUT2D eigenvalue weighted by atomic mass is 9.82. The van der Waals surface area contributed by atoms with E-state index in [0.29, 0.717) is 12.0 Å². The van der Waals surface area contributed by atoms with Gasteiger partial charge < -0.3 is 10.2 Å². The van der Waals surface area contributed by atoms with Gasteiger partial charge in [0.05, 0.1) is 6.54 Å². The molecule has 0 spiro atoms. The molecular formula is C12H21N3O2. The molecule has 2 N–H and O–H groups in total. The van der Waals surface area contributed by atoms with E-state index < -0.39 is 0 Å². The molecule has 2 fully saturated rings. The quantitative estimate of drug-likeness (QED) is 0.662. The van der Waals surface area contributed by atoms with Crippen molar-refractivity contribution in [2.45, 2.75) is 32.7 Å². The largest absolute Gasteiger partial charge is 0.353 e. The minimum atomic E-state index is -0.242. The third-order valence-corrected chi connectivity index (χ3v) is 3.74. The zero-order valence-electron chi connectivity index (χ0n) is 10.6. The van der Waals surface area contributed by atoms with E-state index in [-0.39, 0.29) is 24.4 Å². The van der Waals surface area contributed by atoms with Gasteiger partial charge in [-0.25, -0.2) is 0 Å². The SMILES string of the molecule is CC1(C)CCN(C(=O)C2CNC(=O)CN2)CC1. The lowest BCUT2D eigenvalue weighted by molar-refractivity contribution is -0.136. The van der Waals surface area contributed by atoms with Crippen molar-refractivity contribution in [3.8, 4) is 0 Å². The van der Waals surface area contributed by atoms with Crippen molar-refractivity contribution in [1.29, 1.82) is 0 Å². The standard InChI is InChI=1S/C12H21N3O2/c1-12(2)3-5-15(6-4-12)11(17)9-7-14-10(16)8-13-9/h9,13H,3-8H2,1-2H3,(H,14,16). The minimum Gasteiger partial charge on any atom is -0.353 e. The molecule has 0 aromatic rings. The number of likely N-dealkylation sites (tertiary alicyclic amines) is 1. The summed E-state index contributed by atoms with van der Waals surface area (Å²) in [6.07, 6.45) is 2.11. The van der Waals surface area contributed by atoms with Crippen molar-refractivity contribution < 1.29 is 9.59 Å². The third-order valence-electron chi connectivity index (χ3n) is 3.74. The highest BCUT2D eigenvalue weighted by Crippen LogP contribution is 2.29. The van der Waals surface area contributed by atoms with Crippen LogP contribution < -0.4 is 10.6 Å². The lowest BCUT2D eigenvalue weighted by Gasteiger charge is -2.39. The molecular weight excluding hydrogens is 218 g/mol. The van der Waals surface area contributed by atoms with Gasteiger partial charge in [-0.1, -0.05) is 13.8 Å².